The maximum Gasteiger partial charge on any atom is 0.314 e. The maximum absolute atomic E-state index is 13.5. The predicted molar refractivity (Wildman–Crippen MR) is 89.0 cm³/mol. The van der Waals surface area contributed by atoms with Gasteiger partial charge >= 0.3 is 5.69 Å². The number of nitro benzene ring substituents is 1. The summed E-state index contributed by atoms with van der Waals surface area (Å²) < 4.78 is 31.9. The molecule has 1 aromatic carbocycles. The number of methoxy groups -OCH3 is 1. The van der Waals surface area contributed by atoms with Crippen LogP contribution in [0.15, 0.2) is 12.1 Å². The SMILES string of the molecule is COc1cc([C@H](C(F)F)N2CCNCC2)cc([N+](=O)[O-])c1O.Cl.Cl. The third-order valence-electron chi connectivity index (χ3n) is 3.62. The topological polar surface area (TPSA) is 87.9 Å². The van der Waals surface area contributed by atoms with Crippen molar-refractivity contribution >= 4 is 30.5 Å². The number of hydrogen-bond donors (Lipinski definition) is 2. The van der Waals surface area contributed by atoms with Crippen LogP contribution in [0.2, 0.25) is 0 Å². The molecule has 0 unspecified atom stereocenters. The Kier molecular flexibility index (Phi) is 9.20. The molecule has 0 saturated carbocycles. The molecule has 24 heavy (non-hydrogen) atoms. The molecular formula is C13H19Cl2F2N3O4. The Balaban J connectivity index is 0.00000264. The highest BCUT2D eigenvalue weighted by Crippen LogP contribution is 2.40. The lowest BCUT2D eigenvalue weighted by Crippen LogP contribution is -2.46. The number of nitro groups is 1. The summed E-state index contributed by atoms with van der Waals surface area (Å²) in [6.07, 6.45) is -2.72. The Morgan fingerprint density at radius 2 is 1.92 bits per heavy atom. The Bertz CT molecular complexity index is 560. The Morgan fingerprint density at radius 1 is 1.33 bits per heavy atom. The zero-order chi connectivity index (χ0) is 16.3. The van der Waals surface area contributed by atoms with Crippen molar-refractivity contribution < 1.29 is 23.5 Å². The Hall–Kier alpha value is -1.42. The van der Waals surface area contributed by atoms with Crippen LogP contribution in [0.4, 0.5) is 14.5 Å². The summed E-state index contributed by atoms with van der Waals surface area (Å²) in [5.74, 6) is -0.852. The van der Waals surface area contributed by atoms with Crippen LogP contribution in [0.3, 0.4) is 0 Å². The number of piperazine rings is 1. The van der Waals surface area contributed by atoms with E-state index in [-0.39, 0.29) is 36.1 Å². The molecule has 0 aromatic heterocycles. The van der Waals surface area contributed by atoms with Crippen molar-refractivity contribution in [2.45, 2.75) is 12.5 Å². The number of hydrogen-bond acceptors (Lipinski definition) is 6. The lowest BCUT2D eigenvalue weighted by molar-refractivity contribution is -0.386. The second-order valence-electron chi connectivity index (χ2n) is 4.91. The molecule has 0 spiro atoms. The van der Waals surface area contributed by atoms with E-state index in [1.807, 2.05) is 0 Å². The molecule has 1 aliphatic rings. The van der Waals surface area contributed by atoms with Crippen LogP contribution in [-0.2, 0) is 0 Å². The minimum absolute atomic E-state index is 0. The van der Waals surface area contributed by atoms with E-state index in [1.54, 1.807) is 4.90 Å². The average Bonchev–Trinajstić information content (AvgIpc) is 2.49. The van der Waals surface area contributed by atoms with Crippen LogP contribution in [0.5, 0.6) is 11.5 Å². The van der Waals surface area contributed by atoms with Crippen molar-refractivity contribution in [1.29, 1.82) is 0 Å². The van der Waals surface area contributed by atoms with Crippen molar-refractivity contribution in [2.75, 3.05) is 33.3 Å². The van der Waals surface area contributed by atoms with Gasteiger partial charge in [0.15, 0.2) is 5.75 Å². The lowest BCUT2D eigenvalue weighted by Gasteiger charge is -2.34. The minimum Gasteiger partial charge on any atom is -0.500 e. The van der Waals surface area contributed by atoms with E-state index in [1.165, 1.54) is 13.2 Å². The number of nitrogens with zero attached hydrogens (tertiary/aromatic N) is 2. The average molecular weight is 390 g/mol. The van der Waals surface area contributed by atoms with Crippen molar-refractivity contribution in [1.82, 2.24) is 10.2 Å². The van der Waals surface area contributed by atoms with Crippen LogP contribution in [0.25, 0.3) is 0 Å². The van der Waals surface area contributed by atoms with Gasteiger partial charge in [-0.25, -0.2) is 8.78 Å². The molecule has 0 aliphatic carbocycles. The Morgan fingerprint density at radius 3 is 2.38 bits per heavy atom. The van der Waals surface area contributed by atoms with Gasteiger partial charge in [-0.15, -0.1) is 24.8 Å². The normalized spacial score (nSPS) is 16.0. The standard InChI is InChI=1S/C13H17F2N3O4.2ClH/c1-22-10-7-8(6-9(12(10)19)18(20)21)11(13(14)15)17-4-2-16-3-5-17;;/h6-7,11,13,16,19H,2-5H2,1H3;2*1H/t11-;;/m1../s1. The van der Waals surface area contributed by atoms with Crippen LogP contribution < -0.4 is 10.1 Å². The smallest absolute Gasteiger partial charge is 0.314 e. The zero-order valence-corrected chi connectivity index (χ0v) is 14.4. The fourth-order valence-electron chi connectivity index (χ4n) is 2.56. The van der Waals surface area contributed by atoms with Crippen molar-refractivity contribution in [3.63, 3.8) is 0 Å². The molecule has 1 fully saturated rings. The molecule has 1 atom stereocenters. The number of halogens is 4. The summed E-state index contributed by atoms with van der Waals surface area (Å²) in [6, 6.07) is 0.924. The highest BCUT2D eigenvalue weighted by atomic mass is 35.5. The van der Waals surface area contributed by atoms with Gasteiger partial charge in [0, 0.05) is 32.2 Å². The molecule has 0 bridgehead atoms. The van der Waals surface area contributed by atoms with Crippen molar-refractivity contribution in [2.24, 2.45) is 0 Å². The number of rotatable bonds is 5. The summed E-state index contributed by atoms with van der Waals surface area (Å²) in [6.45, 7) is 1.96. The van der Waals surface area contributed by atoms with Crippen LogP contribution in [0.1, 0.15) is 11.6 Å². The predicted octanol–water partition coefficient (Wildman–Crippen LogP) is 2.36. The molecule has 1 aromatic rings. The van der Waals surface area contributed by atoms with E-state index in [0.29, 0.717) is 26.2 Å². The number of aromatic hydroxyl groups is 1. The van der Waals surface area contributed by atoms with Gasteiger partial charge < -0.3 is 15.2 Å². The largest absolute Gasteiger partial charge is 0.500 e. The monoisotopic (exact) mass is 389 g/mol. The third-order valence-corrected chi connectivity index (χ3v) is 3.62. The number of phenols is 1. The van der Waals surface area contributed by atoms with Gasteiger partial charge in [0.1, 0.15) is 0 Å². The molecule has 1 heterocycles. The van der Waals surface area contributed by atoms with Crippen LogP contribution >= 0.6 is 24.8 Å². The number of benzene rings is 1. The number of alkyl halides is 2. The first kappa shape index (κ1) is 22.6. The van der Waals surface area contributed by atoms with Gasteiger partial charge in [0.25, 0.3) is 6.43 Å². The van der Waals surface area contributed by atoms with Gasteiger partial charge in [-0.3, -0.25) is 15.0 Å². The molecule has 0 radical (unpaired) electrons. The summed E-state index contributed by atoms with van der Waals surface area (Å²) in [5.41, 5.74) is -0.589. The molecule has 7 nitrogen and oxygen atoms in total. The van der Waals surface area contributed by atoms with Crippen LogP contribution in [0, 0.1) is 10.1 Å². The van der Waals surface area contributed by atoms with Crippen molar-refractivity contribution in [3.8, 4) is 11.5 Å². The van der Waals surface area contributed by atoms with E-state index >= 15 is 0 Å². The summed E-state index contributed by atoms with van der Waals surface area (Å²) in [5, 5.41) is 23.8. The molecule has 138 valence electrons. The van der Waals surface area contributed by atoms with E-state index in [0.717, 1.165) is 6.07 Å². The number of ether oxygens (including phenoxy) is 1. The molecule has 2 rings (SSSR count). The number of nitrogens with one attached hydrogen (secondary N) is 1. The summed E-state index contributed by atoms with van der Waals surface area (Å²) in [7, 11) is 1.21. The van der Waals surface area contributed by atoms with Gasteiger partial charge in [0.2, 0.25) is 5.75 Å². The highest BCUT2D eigenvalue weighted by Gasteiger charge is 2.33. The summed E-state index contributed by atoms with van der Waals surface area (Å²) in [4.78, 5) is 11.7. The fourth-order valence-corrected chi connectivity index (χ4v) is 2.56. The van der Waals surface area contributed by atoms with E-state index < -0.39 is 28.8 Å². The third kappa shape index (κ3) is 4.79. The van der Waals surface area contributed by atoms with Crippen LogP contribution in [-0.4, -0.2) is 54.6 Å². The molecule has 2 N–H and O–H groups in total. The molecular weight excluding hydrogens is 371 g/mol. The van der Waals surface area contributed by atoms with Gasteiger partial charge in [-0.1, -0.05) is 0 Å². The number of phenolic OH excluding ortho intramolecular Hbond substituents is 1. The first-order chi connectivity index (χ1) is 10.5. The fraction of sp³-hybridized carbons (Fsp3) is 0.538. The molecule has 1 aliphatic heterocycles. The second kappa shape index (κ2) is 9.77. The summed E-state index contributed by atoms with van der Waals surface area (Å²) >= 11 is 0. The maximum atomic E-state index is 13.5. The first-order valence-corrected chi connectivity index (χ1v) is 6.74. The zero-order valence-electron chi connectivity index (χ0n) is 12.8. The second-order valence-corrected chi connectivity index (χ2v) is 4.91. The lowest BCUT2D eigenvalue weighted by atomic mass is 10.0. The Labute approximate surface area is 149 Å². The first-order valence-electron chi connectivity index (χ1n) is 6.74. The molecule has 1 saturated heterocycles. The van der Waals surface area contributed by atoms with E-state index in [4.69, 9.17) is 4.74 Å². The minimum atomic E-state index is -2.72. The quantitative estimate of drug-likeness (QED) is 0.593. The highest BCUT2D eigenvalue weighted by molar-refractivity contribution is 5.85. The van der Waals surface area contributed by atoms with E-state index in [2.05, 4.69) is 5.32 Å². The van der Waals surface area contributed by atoms with E-state index in [9.17, 15) is 24.0 Å². The van der Waals surface area contributed by atoms with Gasteiger partial charge in [-0.2, -0.15) is 0 Å². The van der Waals surface area contributed by atoms with Gasteiger partial charge in [0.05, 0.1) is 18.1 Å². The molecule has 11 heteroatoms. The van der Waals surface area contributed by atoms with Crippen molar-refractivity contribution in [3.05, 3.63) is 27.8 Å². The van der Waals surface area contributed by atoms with Gasteiger partial charge in [-0.05, 0) is 11.6 Å². The molecule has 0 amide bonds.